The molecule has 0 bridgehead atoms. The number of aryl methyl sites for hydroxylation is 1. The second kappa shape index (κ2) is 5.14. The van der Waals surface area contributed by atoms with E-state index in [0.717, 1.165) is 22.6 Å². The lowest BCUT2D eigenvalue weighted by atomic mass is 10.1. The van der Waals surface area contributed by atoms with Crippen molar-refractivity contribution in [2.45, 2.75) is 6.92 Å². The number of anilines is 2. The Morgan fingerprint density at radius 1 is 1.16 bits per heavy atom. The number of nitrogens with zero attached hydrogens (tertiary/aromatic N) is 3. The van der Waals surface area contributed by atoms with Gasteiger partial charge in [0.1, 0.15) is 11.6 Å². The van der Waals surface area contributed by atoms with Crippen LogP contribution in [0.25, 0.3) is 11.3 Å². The lowest BCUT2D eigenvalue weighted by Crippen LogP contribution is -2.14. The summed E-state index contributed by atoms with van der Waals surface area (Å²) >= 11 is 0. The SMILES string of the molecule is COc1ccc(-c2cc(N)nc(N(C)C)n2)c(C)c1. The van der Waals surface area contributed by atoms with Crippen LogP contribution in [0.3, 0.4) is 0 Å². The van der Waals surface area contributed by atoms with Crippen LogP contribution in [-0.2, 0) is 0 Å². The average Bonchev–Trinajstić information content (AvgIpc) is 2.37. The standard InChI is InChI=1S/C14H18N4O/c1-9-7-10(19-4)5-6-11(9)12-8-13(15)17-14(16-12)18(2)3/h5-8H,1-4H3,(H2,15,16,17). The van der Waals surface area contributed by atoms with Crippen LogP contribution < -0.4 is 15.4 Å². The fourth-order valence-electron chi connectivity index (χ4n) is 1.84. The zero-order valence-corrected chi connectivity index (χ0v) is 11.6. The van der Waals surface area contributed by atoms with Gasteiger partial charge in [0.05, 0.1) is 12.8 Å². The maximum Gasteiger partial charge on any atom is 0.227 e. The van der Waals surface area contributed by atoms with Gasteiger partial charge in [0, 0.05) is 25.7 Å². The Hall–Kier alpha value is -2.30. The van der Waals surface area contributed by atoms with Gasteiger partial charge in [0.2, 0.25) is 5.95 Å². The topological polar surface area (TPSA) is 64.3 Å². The molecule has 1 heterocycles. The Kier molecular flexibility index (Phi) is 3.55. The highest BCUT2D eigenvalue weighted by Gasteiger charge is 2.09. The largest absolute Gasteiger partial charge is 0.497 e. The lowest BCUT2D eigenvalue weighted by Gasteiger charge is -2.13. The summed E-state index contributed by atoms with van der Waals surface area (Å²) in [6.45, 7) is 2.02. The molecule has 5 nitrogen and oxygen atoms in total. The number of rotatable bonds is 3. The Morgan fingerprint density at radius 3 is 2.47 bits per heavy atom. The highest BCUT2D eigenvalue weighted by molar-refractivity contribution is 5.68. The van der Waals surface area contributed by atoms with Gasteiger partial charge in [-0.3, -0.25) is 0 Å². The maximum atomic E-state index is 5.84. The molecular weight excluding hydrogens is 240 g/mol. The molecule has 1 aromatic heterocycles. The van der Waals surface area contributed by atoms with Gasteiger partial charge in [-0.25, -0.2) is 4.98 Å². The normalized spacial score (nSPS) is 10.3. The van der Waals surface area contributed by atoms with Crippen LogP contribution in [0.5, 0.6) is 5.75 Å². The molecule has 2 aromatic rings. The number of aromatic nitrogens is 2. The van der Waals surface area contributed by atoms with E-state index in [0.29, 0.717) is 11.8 Å². The van der Waals surface area contributed by atoms with Crippen molar-refractivity contribution in [1.29, 1.82) is 0 Å². The van der Waals surface area contributed by atoms with Crippen LogP contribution >= 0.6 is 0 Å². The van der Waals surface area contributed by atoms with Crippen molar-refractivity contribution in [3.63, 3.8) is 0 Å². The van der Waals surface area contributed by atoms with Crippen LogP contribution in [-0.4, -0.2) is 31.2 Å². The van der Waals surface area contributed by atoms with Crippen LogP contribution in [0, 0.1) is 6.92 Å². The summed E-state index contributed by atoms with van der Waals surface area (Å²) in [5.41, 5.74) is 8.77. The lowest BCUT2D eigenvalue weighted by molar-refractivity contribution is 0.414. The molecule has 0 fully saturated rings. The van der Waals surface area contributed by atoms with Crippen molar-refractivity contribution >= 4 is 11.8 Å². The number of ether oxygens (including phenoxy) is 1. The first-order valence-corrected chi connectivity index (χ1v) is 5.98. The van der Waals surface area contributed by atoms with E-state index in [-0.39, 0.29) is 0 Å². The van der Waals surface area contributed by atoms with Crippen LogP contribution in [0.15, 0.2) is 24.3 Å². The number of hydrogen-bond acceptors (Lipinski definition) is 5. The molecule has 0 spiro atoms. The summed E-state index contributed by atoms with van der Waals surface area (Å²) < 4.78 is 5.21. The van der Waals surface area contributed by atoms with E-state index in [1.54, 1.807) is 13.2 Å². The van der Waals surface area contributed by atoms with Gasteiger partial charge in [0.15, 0.2) is 0 Å². The van der Waals surface area contributed by atoms with E-state index in [1.165, 1.54) is 0 Å². The van der Waals surface area contributed by atoms with E-state index >= 15 is 0 Å². The van der Waals surface area contributed by atoms with E-state index < -0.39 is 0 Å². The summed E-state index contributed by atoms with van der Waals surface area (Å²) in [5, 5.41) is 0. The number of benzene rings is 1. The third kappa shape index (κ3) is 2.76. The molecule has 2 N–H and O–H groups in total. The number of methoxy groups -OCH3 is 1. The van der Waals surface area contributed by atoms with Crippen molar-refractivity contribution in [2.75, 3.05) is 31.8 Å². The average molecular weight is 258 g/mol. The van der Waals surface area contributed by atoms with E-state index in [4.69, 9.17) is 10.5 Å². The van der Waals surface area contributed by atoms with E-state index in [2.05, 4.69) is 9.97 Å². The van der Waals surface area contributed by atoms with E-state index in [9.17, 15) is 0 Å². The van der Waals surface area contributed by atoms with Crippen molar-refractivity contribution in [1.82, 2.24) is 9.97 Å². The van der Waals surface area contributed by atoms with Gasteiger partial charge >= 0.3 is 0 Å². The summed E-state index contributed by atoms with van der Waals surface area (Å²) in [4.78, 5) is 10.5. The fraction of sp³-hybridized carbons (Fsp3) is 0.286. The molecule has 2 rings (SSSR count). The molecule has 100 valence electrons. The van der Waals surface area contributed by atoms with Gasteiger partial charge in [-0.15, -0.1) is 0 Å². The summed E-state index contributed by atoms with van der Waals surface area (Å²) in [6.07, 6.45) is 0. The molecule has 0 saturated carbocycles. The van der Waals surface area contributed by atoms with Gasteiger partial charge in [-0.1, -0.05) is 0 Å². The number of nitrogens with two attached hydrogens (primary N) is 1. The minimum atomic E-state index is 0.462. The zero-order valence-electron chi connectivity index (χ0n) is 11.6. The monoisotopic (exact) mass is 258 g/mol. The third-order valence-corrected chi connectivity index (χ3v) is 2.84. The molecule has 0 radical (unpaired) electrons. The zero-order chi connectivity index (χ0) is 14.0. The highest BCUT2D eigenvalue weighted by Crippen LogP contribution is 2.27. The highest BCUT2D eigenvalue weighted by atomic mass is 16.5. The Morgan fingerprint density at radius 2 is 1.89 bits per heavy atom. The molecule has 1 aromatic carbocycles. The van der Waals surface area contributed by atoms with Crippen molar-refractivity contribution < 1.29 is 4.74 Å². The first-order valence-electron chi connectivity index (χ1n) is 5.98. The molecule has 0 amide bonds. The minimum Gasteiger partial charge on any atom is -0.497 e. The van der Waals surface area contributed by atoms with Crippen LogP contribution in [0.1, 0.15) is 5.56 Å². The minimum absolute atomic E-state index is 0.462. The predicted octanol–water partition coefficient (Wildman–Crippen LogP) is 2.11. The fourth-order valence-corrected chi connectivity index (χ4v) is 1.84. The Bertz CT molecular complexity index is 596. The van der Waals surface area contributed by atoms with Gasteiger partial charge in [-0.2, -0.15) is 4.98 Å². The summed E-state index contributed by atoms with van der Waals surface area (Å²) in [5.74, 6) is 1.89. The molecule has 0 aliphatic rings. The Balaban J connectivity index is 2.52. The first-order chi connectivity index (χ1) is 9.01. The number of nitrogen functional groups attached to an aromatic ring is 1. The molecule has 0 unspecified atom stereocenters. The second-order valence-electron chi connectivity index (χ2n) is 4.55. The summed E-state index contributed by atoms with van der Waals surface area (Å²) in [6, 6.07) is 7.65. The number of hydrogen-bond donors (Lipinski definition) is 1. The molecule has 0 aliphatic heterocycles. The molecule has 0 saturated heterocycles. The first kappa shape index (κ1) is 13.1. The second-order valence-corrected chi connectivity index (χ2v) is 4.55. The summed E-state index contributed by atoms with van der Waals surface area (Å²) in [7, 11) is 5.43. The quantitative estimate of drug-likeness (QED) is 0.913. The van der Waals surface area contributed by atoms with Crippen molar-refractivity contribution in [2.24, 2.45) is 0 Å². The van der Waals surface area contributed by atoms with Crippen LogP contribution in [0.2, 0.25) is 0 Å². The predicted molar refractivity (Wildman–Crippen MR) is 77.5 cm³/mol. The van der Waals surface area contributed by atoms with Gasteiger partial charge < -0.3 is 15.4 Å². The molecular formula is C14H18N4O. The third-order valence-electron chi connectivity index (χ3n) is 2.84. The smallest absolute Gasteiger partial charge is 0.227 e. The van der Waals surface area contributed by atoms with Crippen molar-refractivity contribution in [3.8, 4) is 17.0 Å². The molecule has 19 heavy (non-hydrogen) atoms. The molecule has 0 aliphatic carbocycles. The van der Waals surface area contributed by atoms with Gasteiger partial charge in [0.25, 0.3) is 0 Å². The molecule has 5 heteroatoms. The van der Waals surface area contributed by atoms with E-state index in [1.807, 2.05) is 44.1 Å². The molecule has 0 atom stereocenters. The Labute approximate surface area is 113 Å². The maximum absolute atomic E-state index is 5.84. The van der Waals surface area contributed by atoms with Crippen molar-refractivity contribution in [3.05, 3.63) is 29.8 Å². The van der Waals surface area contributed by atoms with Crippen LogP contribution in [0.4, 0.5) is 11.8 Å². The van der Waals surface area contributed by atoms with Gasteiger partial charge in [-0.05, 0) is 30.7 Å².